The standard InChI is InChI=1S/C25H27FN2O/c26-17-16-25(19-27,20-29-18-21-10-4-1-5-11-21)28-24(22-12-6-2-7-13-22)23-14-8-3-9-15-23/h1-15H,16-20,27H2. The Hall–Kier alpha value is -2.82. The lowest BCUT2D eigenvalue weighted by Gasteiger charge is -2.29. The van der Waals surface area contributed by atoms with Gasteiger partial charge in [-0.3, -0.25) is 9.38 Å². The van der Waals surface area contributed by atoms with Crippen molar-refractivity contribution in [3.05, 3.63) is 108 Å². The summed E-state index contributed by atoms with van der Waals surface area (Å²) in [5.41, 5.74) is 9.10. The minimum Gasteiger partial charge on any atom is -0.374 e. The second kappa shape index (κ2) is 10.6. The van der Waals surface area contributed by atoms with E-state index in [2.05, 4.69) is 0 Å². The second-order valence-corrected chi connectivity index (χ2v) is 7.04. The molecule has 0 heterocycles. The van der Waals surface area contributed by atoms with Crippen LogP contribution < -0.4 is 5.73 Å². The van der Waals surface area contributed by atoms with E-state index in [0.29, 0.717) is 6.61 Å². The fraction of sp³-hybridized carbons (Fsp3) is 0.240. The predicted octanol–water partition coefficient (Wildman–Crippen LogP) is 4.80. The molecule has 3 aromatic rings. The number of ether oxygens (including phenoxy) is 1. The van der Waals surface area contributed by atoms with Gasteiger partial charge in [0, 0.05) is 24.1 Å². The van der Waals surface area contributed by atoms with Gasteiger partial charge in [-0.05, 0) is 5.56 Å². The number of alkyl halides is 1. The van der Waals surface area contributed by atoms with Crippen molar-refractivity contribution in [1.29, 1.82) is 0 Å². The molecule has 4 heteroatoms. The normalized spacial score (nSPS) is 12.9. The summed E-state index contributed by atoms with van der Waals surface area (Å²) in [6.07, 6.45) is 0.210. The van der Waals surface area contributed by atoms with E-state index < -0.39 is 12.2 Å². The first-order valence-corrected chi connectivity index (χ1v) is 9.85. The smallest absolute Gasteiger partial charge is 0.0994 e. The zero-order chi connectivity index (χ0) is 20.4. The number of hydrogen-bond acceptors (Lipinski definition) is 3. The molecule has 0 spiro atoms. The summed E-state index contributed by atoms with van der Waals surface area (Å²) in [5.74, 6) is 0. The van der Waals surface area contributed by atoms with Crippen LogP contribution in [0.3, 0.4) is 0 Å². The molecule has 29 heavy (non-hydrogen) atoms. The van der Waals surface area contributed by atoms with Crippen molar-refractivity contribution in [2.45, 2.75) is 18.6 Å². The highest BCUT2D eigenvalue weighted by Gasteiger charge is 2.29. The molecule has 0 fully saturated rings. The number of rotatable bonds is 10. The minimum absolute atomic E-state index is 0.203. The van der Waals surface area contributed by atoms with Gasteiger partial charge >= 0.3 is 0 Å². The van der Waals surface area contributed by atoms with Crippen LogP contribution in [0.5, 0.6) is 0 Å². The Balaban J connectivity index is 1.92. The molecule has 3 aromatic carbocycles. The van der Waals surface area contributed by atoms with Crippen molar-refractivity contribution in [2.24, 2.45) is 10.7 Å². The topological polar surface area (TPSA) is 47.6 Å². The van der Waals surface area contributed by atoms with Crippen LogP contribution in [-0.4, -0.2) is 31.1 Å². The van der Waals surface area contributed by atoms with E-state index in [1.54, 1.807) is 0 Å². The summed E-state index contributed by atoms with van der Waals surface area (Å²) in [7, 11) is 0. The van der Waals surface area contributed by atoms with Gasteiger partial charge in [0.1, 0.15) is 0 Å². The van der Waals surface area contributed by atoms with E-state index in [4.69, 9.17) is 15.5 Å². The molecular formula is C25H27FN2O. The maximum atomic E-state index is 13.5. The monoisotopic (exact) mass is 390 g/mol. The van der Waals surface area contributed by atoms with Gasteiger partial charge < -0.3 is 10.5 Å². The first kappa shape index (κ1) is 20.9. The highest BCUT2D eigenvalue weighted by molar-refractivity contribution is 6.13. The van der Waals surface area contributed by atoms with Crippen molar-refractivity contribution in [3.63, 3.8) is 0 Å². The number of benzene rings is 3. The summed E-state index contributed by atoms with van der Waals surface area (Å²) in [6.45, 7) is 0.392. The maximum absolute atomic E-state index is 13.5. The lowest BCUT2D eigenvalue weighted by molar-refractivity contribution is 0.0706. The van der Waals surface area contributed by atoms with E-state index in [-0.39, 0.29) is 19.6 Å². The van der Waals surface area contributed by atoms with Crippen LogP contribution in [0.4, 0.5) is 4.39 Å². The quantitative estimate of drug-likeness (QED) is 0.506. The summed E-state index contributed by atoms with van der Waals surface area (Å²) in [5, 5.41) is 0. The Morgan fingerprint density at radius 1 is 0.828 bits per heavy atom. The Labute approximate surface area is 172 Å². The second-order valence-electron chi connectivity index (χ2n) is 7.04. The molecule has 1 unspecified atom stereocenters. The number of halogens is 1. The number of nitrogens with two attached hydrogens (primary N) is 1. The van der Waals surface area contributed by atoms with Gasteiger partial charge in [-0.1, -0.05) is 91.0 Å². The van der Waals surface area contributed by atoms with Crippen LogP contribution in [0.15, 0.2) is 96.0 Å². The summed E-state index contributed by atoms with van der Waals surface area (Å²) in [4.78, 5) is 5.01. The third kappa shape index (κ3) is 5.83. The number of nitrogens with zero attached hydrogens (tertiary/aromatic N) is 1. The van der Waals surface area contributed by atoms with Crippen LogP contribution in [0.1, 0.15) is 23.1 Å². The molecule has 0 aliphatic carbocycles. The molecule has 0 saturated heterocycles. The summed E-state index contributed by atoms with van der Waals surface area (Å²) in [6, 6.07) is 29.8. The zero-order valence-electron chi connectivity index (χ0n) is 16.5. The summed E-state index contributed by atoms with van der Waals surface area (Å²) < 4.78 is 19.4. The zero-order valence-corrected chi connectivity index (χ0v) is 16.5. The van der Waals surface area contributed by atoms with Crippen molar-refractivity contribution in [2.75, 3.05) is 19.8 Å². The van der Waals surface area contributed by atoms with Crippen LogP contribution in [-0.2, 0) is 11.3 Å². The minimum atomic E-state index is -0.829. The Morgan fingerprint density at radius 3 is 1.83 bits per heavy atom. The van der Waals surface area contributed by atoms with Crippen LogP contribution in [0.2, 0.25) is 0 Å². The Bertz CT molecular complexity index is 843. The van der Waals surface area contributed by atoms with Gasteiger partial charge in [-0.25, -0.2) is 0 Å². The molecule has 0 aliphatic heterocycles. The largest absolute Gasteiger partial charge is 0.374 e. The molecule has 0 saturated carbocycles. The van der Waals surface area contributed by atoms with Gasteiger partial charge in [-0.2, -0.15) is 0 Å². The van der Waals surface area contributed by atoms with Crippen molar-refractivity contribution in [1.82, 2.24) is 0 Å². The highest BCUT2D eigenvalue weighted by Crippen LogP contribution is 2.22. The van der Waals surface area contributed by atoms with Gasteiger partial charge in [0.05, 0.1) is 31.1 Å². The SMILES string of the molecule is NCC(CCF)(COCc1ccccc1)N=C(c1ccccc1)c1ccccc1. The first-order valence-electron chi connectivity index (χ1n) is 9.85. The molecule has 0 radical (unpaired) electrons. The first-order chi connectivity index (χ1) is 14.3. The van der Waals surface area contributed by atoms with Crippen LogP contribution in [0, 0.1) is 0 Å². The average Bonchev–Trinajstić information content (AvgIpc) is 2.79. The fourth-order valence-electron chi connectivity index (χ4n) is 3.20. The van der Waals surface area contributed by atoms with E-state index in [1.165, 1.54) is 0 Å². The predicted molar refractivity (Wildman–Crippen MR) is 117 cm³/mol. The van der Waals surface area contributed by atoms with Crippen molar-refractivity contribution < 1.29 is 9.13 Å². The van der Waals surface area contributed by atoms with E-state index in [0.717, 1.165) is 22.4 Å². The van der Waals surface area contributed by atoms with E-state index >= 15 is 0 Å². The van der Waals surface area contributed by atoms with Gasteiger partial charge in [0.25, 0.3) is 0 Å². The van der Waals surface area contributed by atoms with Gasteiger partial charge in [0.2, 0.25) is 0 Å². The highest BCUT2D eigenvalue weighted by atomic mass is 19.1. The average molecular weight is 391 g/mol. The van der Waals surface area contributed by atoms with Gasteiger partial charge in [-0.15, -0.1) is 0 Å². The van der Waals surface area contributed by atoms with Gasteiger partial charge in [0.15, 0.2) is 0 Å². The lowest BCUT2D eigenvalue weighted by atomic mass is 9.95. The molecule has 0 aromatic heterocycles. The number of aliphatic imine (C=N–C) groups is 1. The molecule has 0 amide bonds. The molecule has 2 N–H and O–H groups in total. The Morgan fingerprint density at radius 2 is 1.34 bits per heavy atom. The van der Waals surface area contributed by atoms with E-state index in [9.17, 15) is 4.39 Å². The maximum Gasteiger partial charge on any atom is 0.0994 e. The molecule has 3 rings (SSSR count). The fourth-order valence-corrected chi connectivity index (χ4v) is 3.20. The van der Waals surface area contributed by atoms with Crippen LogP contribution >= 0.6 is 0 Å². The molecule has 3 nitrogen and oxygen atoms in total. The molecule has 1 atom stereocenters. The third-order valence-corrected chi connectivity index (χ3v) is 4.87. The third-order valence-electron chi connectivity index (χ3n) is 4.87. The van der Waals surface area contributed by atoms with Crippen molar-refractivity contribution in [3.8, 4) is 0 Å². The Kier molecular flexibility index (Phi) is 7.68. The van der Waals surface area contributed by atoms with Crippen LogP contribution in [0.25, 0.3) is 0 Å². The lowest BCUT2D eigenvalue weighted by Crippen LogP contribution is -2.42. The molecule has 0 aliphatic rings. The summed E-state index contributed by atoms with van der Waals surface area (Å²) >= 11 is 0. The number of hydrogen-bond donors (Lipinski definition) is 1. The molecule has 150 valence electrons. The molecular weight excluding hydrogens is 363 g/mol. The van der Waals surface area contributed by atoms with E-state index in [1.807, 2.05) is 91.0 Å². The molecule has 0 bridgehead atoms. The van der Waals surface area contributed by atoms with Crippen molar-refractivity contribution >= 4 is 5.71 Å².